The van der Waals surface area contributed by atoms with Crippen molar-refractivity contribution in [2.24, 2.45) is 4.99 Å². The molecule has 0 fully saturated rings. The molecule has 0 amide bonds. The maximum absolute atomic E-state index is 13.9. The topological polar surface area (TPSA) is 60.7 Å². The van der Waals surface area contributed by atoms with E-state index in [2.05, 4.69) is 10.3 Å². The van der Waals surface area contributed by atoms with Crippen LogP contribution in [0.3, 0.4) is 0 Å². The average Bonchev–Trinajstić information content (AvgIpc) is 2.64. The van der Waals surface area contributed by atoms with Crippen molar-refractivity contribution >= 4 is 5.96 Å². The predicted octanol–water partition coefficient (Wildman–Crippen LogP) is 2.78. The first kappa shape index (κ1) is 18.3. The predicted molar refractivity (Wildman–Crippen MR) is 95.9 cm³/mol. The van der Waals surface area contributed by atoms with Crippen molar-refractivity contribution in [3.63, 3.8) is 0 Å². The fourth-order valence-corrected chi connectivity index (χ4v) is 2.24. The molecule has 0 spiro atoms. The van der Waals surface area contributed by atoms with Crippen LogP contribution in [0.25, 0.3) is 0 Å². The van der Waals surface area contributed by atoms with Crippen LogP contribution in [0.15, 0.2) is 53.5 Å². The van der Waals surface area contributed by atoms with Gasteiger partial charge >= 0.3 is 0 Å². The van der Waals surface area contributed by atoms with Crippen molar-refractivity contribution in [1.82, 2.24) is 10.2 Å². The van der Waals surface area contributed by atoms with Crippen LogP contribution in [0.2, 0.25) is 0 Å². The highest BCUT2D eigenvalue weighted by Gasteiger charge is 2.08. The van der Waals surface area contributed by atoms with Gasteiger partial charge in [0, 0.05) is 26.2 Å². The van der Waals surface area contributed by atoms with Crippen LogP contribution in [0, 0.1) is 17.1 Å². The molecule has 0 aliphatic carbocycles. The van der Waals surface area contributed by atoms with E-state index in [1.54, 1.807) is 19.2 Å². The number of ether oxygens (including phenoxy) is 1. The molecule has 0 bridgehead atoms. The lowest BCUT2D eigenvalue weighted by Gasteiger charge is -2.22. The summed E-state index contributed by atoms with van der Waals surface area (Å²) in [6.07, 6.45) is 0. The third-order valence-corrected chi connectivity index (χ3v) is 3.63. The van der Waals surface area contributed by atoms with E-state index in [4.69, 9.17) is 10.00 Å². The lowest BCUT2D eigenvalue weighted by Crippen LogP contribution is -2.40. The molecule has 2 aromatic rings. The Kier molecular flexibility index (Phi) is 6.78. The molecule has 2 aromatic carbocycles. The number of hydrogen-bond donors (Lipinski definition) is 1. The Labute approximate surface area is 147 Å². The minimum atomic E-state index is -0.405. The second-order valence-corrected chi connectivity index (χ2v) is 5.40. The molecule has 0 heterocycles. The van der Waals surface area contributed by atoms with E-state index in [1.807, 2.05) is 48.3 Å². The van der Waals surface area contributed by atoms with Crippen LogP contribution in [-0.2, 0) is 6.54 Å². The number of aliphatic imine (C=N–C) groups is 1. The Morgan fingerprint density at radius 2 is 2.04 bits per heavy atom. The quantitative estimate of drug-likeness (QED) is 0.649. The summed E-state index contributed by atoms with van der Waals surface area (Å²) in [6, 6.07) is 15.9. The number of likely N-dealkylation sites (N-methyl/N-ethyl adjacent to an activating group) is 1. The van der Waals surface area contributed by atoms with Crippen LogP contribution in [0.4, 0.5) is 4.39 Å². The van der Waals surface area contributed by atoms with Gasteiger partial charge in [-0.3, -0.25) is 4.99 Å². The number of nitrogens with zero attached hydrogens (tertiary/aromatic N) is 3. The number of nitriles is 1. The van der Waals surface area contributed by atoms with Crippen LogP contribution in [-0.4, -0.2) is 38.1 Å². The fraction of sp³-hybridized carbons (Fsp3) is 0.263. The summed E-state index contributed by atoms with van der Waals surface area (Å²) in [5.41, 5.74) is 0.787. The molecule has 0 saturated carbocycles. The van der Waals surface area contributed by atoms with E-state index < -0.39 is 5.82 Å². The van der Waals surface area contributed by atoms with Crippen molar-refractivity contribution in [3.8, 4) is 11.8 Å². The molecule has 0 aliphatic rings. The monoisotopic (exact) mass is 340 g/mol. The largest absolute Gasteiger partial charge is 0.492 e. The van der Waals surface area contributed by atoms with Crippen molar-refractivity contribution in [2.75, 3.05) is 27.2 Å². The minimum absolute atomic E-state index is 0.286. The van der Waals surface area contributed by atoms with Gasteiger partial charge in [-0.05, 0) is 24.3 Å². The number of nitrogens with one attached hydrogen (secondary N) is 1. The van der Waals surface area contributed by atoms with E-state index in [9.17, 15) is 4.39 Å². The second kappa shape index (κ2) is 9.28. The van der Waals surface area contributed by atoms with Crippen LogP contribution in [0.1, 0.15) is 11.1 Å². The molecular formula is C19H21FN4O. The molecule has 0 atom stereocenters. The standard InChI is InChI=1S/C19H21FN4O/c1-22-19(23-14-16-9-8-15(13-21)12-18(16)20)24(2)10-11-25-17-6-4-3-5-7-17/h3-9,12H,10-11,14H2,1-2H3,(H,22,23). The molecule has 0 saturated heterocycles. The third kappa shape index (κ3) is 5.50. The van der Waals surface area contributed by atoms with Crippen molar-refractivity contribution in [3.05, 3.63) is 65.5 Å². The SMILES string of the molecule is CN=C(NCc1ccc(C#N)cc1F)N(C)CCOc1ccccc1. The minimum Gasteiger partial charge on any atom is -0.492 e. The van der Waals surface area contributed by atoms with Crippen LogP contribution >= 0.6 is 0 Å². The highest BCUT2D eigenvalue weighted by molar-refractivity contribution is 5.79. The van der Waals surface area contributed by atoms with Gasteiger partial charge in [-0.1, -0.05) is 24.3 Å². The van der Waals surface area contributed by atoms with Gasteiger partial charge in [0.05, 0.1) is 18.2 Å². The summed E-state index contributed by atoms with van der Waals surface area (Å²) in [5, 5.41) is 11.9. The normalized spacial score (nSPS) is 10.9. The first-order chi connectivity index (χ1) is 12.1. The lowest BCUT2D eigenvalue weighted by atomic mass is 10.1. The molecule has 25 heavy (non-hydrogen) atoms. The van der Waals surface area contributed by atoms with Crippen molar-refractivity contribution < 1.29 is 9.13 Å². The van der Waals surface area contributed by atoms with E-state index in [0.29, 0.717) is 30.2 Å². The molecule has 0 radical (unpaired) electrons. The smallest absolute Gasteiger partial charge is 0.193 e. The molecule has 0 aromatic heterocycles. The zero-order chi connectivity index (χ0) is 18.1. The van der Waals surface area contributed by atoms with Gasteiger partial charge in [0.25, 0.3) is 0 Å². The van der Waals surface area contributed by atoms with Gasteiger partial charge in [0.1, 0.15) is 18.2 Å². The van der Waals surface area contributed by atoms with Gasteiger partial charge < -0.3 is 15.0 Å². The Morgan fingerprint density at radius 1 is 1.28 bits per heavy atom. The molecular weight excluding hydrogens is 319 g/mol. The first-order valence-electron chi connectivity index (χ1n) is 7.92. The Morgan fingerprint density at radius 3 is 2.68 bits per heavy atom. The number of benzene rings is 2. The maximum atomic E-state index is 13.9. The van der Waals surface area contributed by atoms with E-state index in [1.165, 1.54) is 6.07 Å². The Balaban J connectivity index is 1.84. The number of rotatable bonds is 6. The van der Waals surface area contributed by atoms with E-state index >= 15 is 0 Å². The number of halogens is 1. The Hall–Kier alpha value is -3.07. The van der Waals surface area contributed by atoms with Gasteiger partial charge in [-0.15, -0.1) is 0 Å². The summed E-state index contributed by atoms with van der Waals surface area (Å²) in [6.45, 7) is 1.42. The number of para-hydroxylation sites is 1. The lowest BCUT2D eigenvalue weighted by molar-refractivity contribution is 0.281. The Bertz CT molecular complexity index is 756. The zero-order valence-electron chi connectivity index (χ0n) is 14.4. The van der Waals surface area contributed by atoms with Gasteiger partial charge in [0.2, 0.25) is 0 Å². The summed E-state index contributed by atoms with van der Waals surface area (Å²) in [5.74, 6) is 1.05. The first-order valence-corrected chi connectivity index (χ1v) is 7.92. The molecule has 2 rings (SSSR count). The highest BCUT2D eigenvalue weighted by atomic mass is 19.1. The number of guanidine groups is 1. The summed E-state index contributed by atoms with van der Waals surface area (Å²) >= 11 is 0. The molecule has 1 N–H and O–H groups in total. The van der Waals surface area contributed by atoms with Crippen molar-refractivity contribution in [1.29, 1.82) is 5.26 Å². The summed E-state index contributed by atoms with van der Waals surface area (Å²) in [7, 11) is 3.56. The van der Waals surface area contributed by atoms with E-state index in [0.717, 1.165) is 5.75 Å². The van der Waals surface area contributed by atoms with Crippen LogP contribution in [0.5, 0.6) is 5.75 Å². The molecule has 0 unspecified atom stereocenters. The second-order valence-electron chi connectivity index (χ2n) is 5.40. The molecule has 0 aliphatic heterocycles. The zero-order valence-corrected chi connectivity index (χ0v) is 14.4. The van der Waals surface area contributed by atoms with Gasteiger partial charge in [-0.2, -0.15) is 5.26 Å². The average molecular weight is 340 g/mol. The van der Waals surface area contributed by atoms with Gasteiger partial charge in [0.15, 0.2) is 5.96 Å². The maximum Gasteiger partial charge on any atom is 0.193 e. The van der Waals surface area contributed by atoms with Crippen LogP contribution < -0.4 is 10.1 Å². The summed E-state index contributed by atoms with van der Waals surface area (Å²) < 4.78 is 19.6. The molecule has 5 nitrogen and oxygen atoms in total. The highest BCUT2D eigenvalue weighted by Crippen LogP contribution is 2.10. The van der Waals surface area contributed by atoms with Gasteiger partial charge in [-0.25, -0.2) is 4.39 Å². The fourth-order valence-electron chi connectivity index (χ4n) is 2.24. The summed E-state index contributed by atoms with van der Waals surface area (Å²) in [4.78, 5) is 6.10. The third-order valence-electron chi connectivity index (χ3n) is 3.63. The molecule has 130 valence electrons. The van der Waals surface area contributed by atoms with Crippen molar-refractivity contribution in [2.45, 2.75) is 6.54 Å². The number of hydrogen-bond acceptors (Lipinski definition) is 3. The van der Waals surface area contributed by atoms with E-state index in [-0.39, 0.29) is 6.54 Å². The molecule has 6 heteroatoms.